The molecule has 3 heterocycles. The highest BCUT2D eigenvalue weighted by molar-refractivity contribution is 5.96. The molecule has 0 fully saturated rings. The van der Waals surface area contributed by atoms with Crippen LogP contribution in [-0.2, 0) is 23.3 Å². The molecule has 2 N–H and O–H groups in total. The van der Waals surface area contributed by atoms with Crippen LogP contribution in [0.3, 0.4) is 0 Å². The summed E-state index contributed by atoms with van der Waals surface area (Å²) in [5.41, 5.74) is 3.00. The Kier molecular flexibility index (Phi) is 6.57. The van der Waals surface area contributed by atoms with Crippen molar-refractivity contribution in [2.24, 2.45) is 0 Å². The maximum absolute atomic E-state index is 15.0. The molecule has 0 saturated heterocycles. The highest BCUT2D eigenvalue weighted by Crippen LogP contribution is 2.32. The number of benzene rings is 2. The topological polar surface area (TPSA) is 117 Å². The van der Waals surface area contributed by atoms with Crippen LogP contribution >= 0.6 is 0 Å². The zero-order valence-electron chi connectivity index (χ0n) is 20.8. The summed E-state index contributed by atoms with van der Waals surface area (Å²) in [7, 11) is 1.44. The van der Waals surface area contributed by atoms with E-state index in [9.17, 15) is 14.9 Å². The second-order valence-corrected chi connectivity index (χ2v) is 9.30. The standard InChI is InChI=1S/C29H24FN5O3/c1-29(15-31)16-38-14-19-7-6-17(10-23(19)29)27(36)34-13-20-11-25-18(12-33-20)8-9-24(35-25)21-4-3-5-22(26(21)30)28(37)32-2/h3-12H,13-14,16H2,1-2H3,(H,32,37)(H,34,36)/t29-/m1/s1. The van der Waals surface area contributed by atoms with Gasteiger partial charge in [-0.15, -0.1) is 0 Å². The number of carbonyl (C=O) groups excluding carboxylic acids is 2. The van der Waals surface area contributed by atoms with Gasteiger partial charge < -0.3 is 15.4 Å². The minimum absolute atomic E-state index is 0.0604. The lowest BCUT2D eigenvalue weighted by molar-refractivity contribution is 0.0757. The lowest BCUT2D eigenvalue weighted by Crippen LogP contribution is -2.33. The summed E-state index contributed by atoms with van der Waals surface area (Å²) < 4.78 is 20.6. The summed E-state index contributed by atoms with van der Waals surface area (Å²) >= 11 is 0. The predicted octanol–water partition coefficient (Wildman–Crippen LogP) is 4.04. The van der Waals surface area contributed by atoms with Gasteiger partial charge in [0.15, 0.2) is 0 Å². The maximum atomic E-state index is 15.0. The first kappa shape index (κ1) is 25.0. The minimum atomic E-state index is -0.813. The van der Waals surface area contributed by atoms with E-state index in [1.165, 1.54) is 13.1 Å². The summed E-state index contributed by atoms with van der Waals surface area (Å²) in [6.45, 7) is 2.63. The van der Waals surface area contributed by atoms with Gasteiger partial charge in [0.25, 0.3) is 11.8 Å². The normalized spacial score (nSPS) is 16.4. The van der Waals surface area contributed by atoms with Crippen LogP contribution in [0.1, 0.15) is 44.5 Å². The van der Waals surface area contributed by atoms with Gasteiger partial charge in [0.05, 0.1) is 48.3 Å². The molecule has 190 valence electrons. The molecule has 5 rings (SSSR count). The Balaban J connectivity index is 1.37. The summed E-state index contributed by atoms with van der Waals surface area (Å²) in [5.74, 6) is -1.46. The predicted molar refractivity (Wildman–Crippen MR) is 139 cm³/mol. The van der Waals surface area contributed by atoms with Gasteiger partial charge in [0.1, 0.15) is 11.2 Å². The van der Waals surface area contributed by atoms with Gasteiger partial charge in [0, 0.05) is 29.8 Å². The highest BCUT2D eigenvalue weighted by Gasteiger charge is 2.33. The quantitative estimate of drug-likeness (QED) is 0.420. The first-order valence-electron chi connectivity index (χ1n) is 12.0. The molecule has 2 aromatic carbocycles. The van der Waals surface area contributed by atoms with E-state index in [1.807, 2.05) is 6.07 Å². The molecule has 1 aliphatic rings. The molecule has 38 heavy (non-hydrogen) atoms. The Labute approximate surface area is 218 Å². The summed E-state index contributed by atoms with van der Waals surface area (Å²) in [4.78, 5) is 33.9. The fourth-order valence-electron chi connectivity index (χ4n) is 4.51. The average molecular weight is 510 g/mol. The van der Waals surface area contributed by atoms with Crippen LogP contribution in [0.2, 0.25) is 0 Å². The van der Waals surface area contributed by atoms with E-state index in [4.69, 9.17) is 4.74 Å². The van der Waals surface area contributed by atoms with Crippen LogP contribution < -0.4 is 10.6 Å². The van der Waals surface area contributed by atoms with Crippen LogP contribution in [0, 0.1) is 17.1 Å². The fourth-order valence-corrected chi connectivity index (χ4v) is 4.51. The Hall–Kier alpha value is -4.68. The zero-order valence-corrected chi connectivity index (χ0v) is 20.8. The van der Waals surface area contributed by atoms with E-state index >= 15 is 4.39 Å². The van der Waals surface area contributed by atoms with Crippen LogP contribution in [0.25, 0.3) is 22.2 Å². The zero-order chi connectivity index (χ0) is 26.9. The number of hydrogen-bond acceptors (Lipinski definition) is 6. The molecule has 0 saturated carbocycles. The molecule has 9 heteroatoms. The lowest BCUT2D eigenvalue weighted by Gasteiger charge is -2.30. The minimum Gasteiger partial charge on any atom is -0.375 e. The summed E-state index contributed by atoms with van der Waals surface area (Å²) in [6.07, 6.45) is 1.64. The largest absolute Gasteiger partial charge is 0.375 e. The molecule has 0 radical (unpaired) electrons. The number of ether oxygens (including phenoxy) is 1. The van der Waals surface area contributed by atoms with E-state index in [0.29, 0.717) is 29.1 Å². The number of hydrogen-bond donors (Lipinski definition) is 2. The van der Waals surface area contributed by atoms with Gasteiger partial charge in [-0.25, -0.2) is 9.37 Å². The van der Waals surface area contributed by atoms with E-state index in [2.05, 4.69) is 26.7 Å². The van der Waals surface area contributed by atoms with Crippen LogP contribution in [0.4, 0.5) is 4.39 Å². The second kappa shape index (κ2) is 10.00. The number of rotatable bonds is 5. The van der Waals surface area contributed by atoms with E-state index in [1.54, 1.807) is 55.6 Å². The molecule has 8 nitrogen and oxygen atoms in total. The number of carbonyl (C=O) groups is 2. The van der Waals surface area contributed by atoms with Gasteiger partial charge in [-0.05, 0) is 60.5 Å². The van der Waals surface area contributed by atoms with Gasteiger partial charge in [0.2, 0.25) is 0 Å². The first-order chi connectivity index (χ1) is 18.3. The molecular formula is C29H24FN5O3. The molecule has 0 bridgehead atoms. The molecule has 2 aromatic heterocycles. The number of nitrogens with zero attached hydrogens (tertiary/aromatic N) is 3. The van der Waals surface area contributed by atoms with Crippen molar-refractivity contribution in [1.29, 1.82) is 5.26 Å². The first-order valence-corrected chi connectivity index (χ1v) is 12.0. The van der Waals surface area contributed by atoms with Gasteiger partial charge in [-0.3, -0.25) is 14.6 Å². The third kappa shape index (κ3) is 4.58. The van der Waals surface area contributed by atoms with Crippen molar-refractivity contribution in [1.82, 2.24) is 20.6 Å². The monoisotopic (exact) mass is 509 g/mol. The van der Waals surface area contributed by atoms with Crippen molar-refractivity contribution >= 4 is 22.7 Å². The van der Waals surface area contributed by atoms with Crippen molar-refractivity contribution in [2.75, 3.05) is 13.7 Å². The maximum Gasteiger partial charge on any atom is 0.254 e. The van der Waals surface area contributed by atoms with Crippen molar-refractivity contribution in [3.05, 3.63) is 94.6 Å². The number of fused-ring (bicyclic) bond motifs is 2. The Morgan fingerprint density at radius 2 is 2.00 bits per heavy atom. The molecule has 0 spiro atoms. The molecular weight excluding hydrogens is 485 g/mol. The molecule has 4 aromatic rings. The Morgan fingerprint density at radius 1 is 1.16 bits per heavy atom. The van der Waals surface area contributed by atoms with Crippen LogP contribution in [-0.4, -0.2) is 35.4 Å². The van der Waals surface area contributed by atoms with Crippen molar-refractivity contribution in [2.45, 2.75) is 25.5 Å². The van der Waals surface area contributed by atoms with E-state index < -0.39 is 17.1 Å². The van der Waals surface area contributed by atoms with Crippen LogP contribution in [0.5, 0.6) is 0 Å². The lowest BCUT2D eigenvalue weighted by atomic mass is 9.79. The van der Waals surface area contributed by atoms with Crippen molar-refractivity contribution < 1.29 is 18.7 Å². The third-order valence-electron chi connectivity index (χ3n) is 6.67. The highest BCUT2D eigenvalue weighted by atomic mass is 19.1. The number of nitrogens with one attached hydrogen (secondary N) is 2. The summed E-state index contributed by atoms with van der Waals surface area (Å²) in [5, 5.41) is 15.7. The smallest absolute Gasteiger partial charge is 0.254 e. The number of nitriles is 1. The van der Waals surface area contributed by atoms with Gasteiger partial charge in [-0.1, -0.05) is 12.1 Å². The SMILES string of the molecule is CNC(=O)c1cccc(-c2ccc3cnc(CNC(=O)c4ccc5c(c4)[C@](C)(C#N)COC5)cc3n2)c1F. The van der Waals surface area contributed by atoms with Gasteiger partial charge >= 0.3 is 0 Å². The fraction of sp³-hybridized carbons (Fsp3) is 0.207. The third-order valence-corrected chi connectivity index (χ3v) is 6.67. The van der Waals surface area contributed by atoms with E-state index in [-0.39, 0.29) is 30.2 Å². The Bertz CT molecular complexity index is 1630. The Morgan fingerprint density at radius 3 is 2.79 bits per heavy atom. The number of aromatic nitrogens is 2. The van der Waals surface area contributed by atoms with E-state index in [0.717, 1.165) is 16.5 Å². The second-order valence-electron chi connectivity index (χ2n) is 9.30. The van der Waals surface area contributed by atoms with Crippen molar-refractivity contribution in [3.8, 4) is 17.3 Å². The van der Waals surface area contributed by atoms with Crippen molar-refractivity contribution in [3.63, 3.8) is 0 Å². The van der Waals surface area contributed by atoms with Gasteiger partial charge in [-0.2, -0.15) is 5.26 Å². The molecule has 0 unspecified atom stereocenters. The molecule has 1 atom stereocenters. The summed E-state index contributed by atoms with van der Waals surface area (Å²) in [6, 6.07) is 17.4. The molecule has 0 aliphatic carbocycles. The number of amides is 2. The number of pyridine rings is 2. The van der Waals surface area contributed by atoms with Crippen LogP contribution in [0.15, 0.2) is 60.8 Å². The molecule has 1 aliphatic heterocycles. The number of halogens is 1. The average Bonchev–Trinajstić information content (AvgIpc) is 2.95. The molecule has 2 amide bonds.